The highest BCUT2D eigenvalue weighted by molar-refractivity contribution is 6.99. The Morgan fingerprint density at radius 3 is 2.60 bits per heavy atom. The van der Waals surface area contributed by atoms with E-state index >= 15 is 0 Å². The lowest BCUT2D eigenvalue weighted by molar-refractivity contribution is -0.118. The first-order valence-corrected chi connectivity index (χ1v) is 7.46. The first-order chi connectivity index (χ1) is 9.50. The quantitative estimate of drug-likeness (QED) is 0.814. The van der Waals surface area contributed by atoms with E-state index in [0.29, 0.717) is 6.54 Å². The van der Waals surface area contributed by atoms with Gasteiger partial charge in [0.1, 0.15) is 5.38 Å². The minimum absolute atomic E-state index is 0.131. The normalized spacial score (nSPS) is 12.2. The summed E-state index contributed by atoms with van der Waals surface area (Å²) >= 11 is 7.14. The van der Waals surface area contributed by atoms with Gasteiger partial charge in [0.2, 0.25) is 5.91 Å². The molecule has 106 valence electrons. The lowest BCUT2D eigenvalue weighted by atomic mass is 10.1. The van der Waals surface area contributed by atoms with E-state index in [1.807, 2.05) is 38.1 Å². The molecule has 6 heteroatoms. The number of amides is 1. The Hall–Kier alpha value is -1.46. The van der Waals surface area contributed by atoms with Crippen LogP contribution in [0.5, 0.6) is 0 Å². The second kappa shape index (κ2) is 6.33. The maximum absolute atomic E-state index is 12.4. The molecular weight excluding hydrogens is 294 g/mol. The molecule has 0 spiro atoms. The molecule has 1 aromatic carbocycles. The molecule has 2 aromatic rings. The molecule has 1 aromatic heterocycles. The molecule has 1 heterocycles. The summed E-state index contributed by atoms with van der Waals surface area (Å²) in [5.74, 6) is -0.131. The number of carbonyl (C=O) groups is 1. The van der Waals surface area contributed by atoms with Gasteiger partial charge in [-0.25, -0.2) is 0 Å². The van der Waals surface area contributed by atoms with Crippen molar-refractivity contribution < 1.29 is 4.79 Å². The van der Waals surface area contributed by atoms with Crippen molar-refractivity contribution in [1.82, 2.24) is 8.75 Å². The molecule has 0 aliphatic carbocycles. The largest absolute Gasteiger partial charge is 0.305 e. The zero-order valence-electron chi connectivity index (χ0n) is 11.6. The van der Waals surface area contributed by atoms with Gasteiger partial charge in [-0.15, -0.1) is 11.6 Å². The van der Waals surface area contributed by atoms with E-state index in [1.54, 1.807) is 11.8 Å². The van der Waals surface area contributed by atoms with Gasteiger partial charge in [-0.1, -0.05) is 18.2 Å². The third-order valence-corrected chi connectivity index (χ3v) is 3.91. The van der Waals surface area contributed by atoms with E-state index in [9.17, 15) is 4.79 Å². The summed E-state index contributed by atoms with van der Waals surface area (Å²) in [5, 5.41) is -0.582. The van der Waals surface area contributed by atoms with Crippen molar-refractivity contribution in [2.75, 3.05) is 4.90 Å². The van der Waals surface area contributed by atoms with Crippen LogP contribution in [-0.4, -0.2) is 20.0 Å². The first kappa shape index (κ1) is 14.9. The van der Waals surface area contributed by atoms with Crippen LogP contribution >= 0.6 is 23.3 Å². The smallest absolute Gasteiger partial charge is 0.245 e. The summed E-state index contributed by atoms with van der Waals surface area (Å²) in [6.45, 7) is 5.94. The molecule has 0 radical (unpaired) electrons. The summed E-state index contributed by atoms with van der Waals surface area (Å²) in [7, 11) is 0. The number of rotatable bonds is 4. The van der Waals surface area contributed by atoms with Crippen molar-refractivity contribution in [1.29, 1.82) is 0 Å². The predicted molar refractivity (Wildman–Crippen MR) is 82.3 cm³/mol. The van der Waals surface area contributed by atoms with Crippen LogP contribution in [0.15, 0.2) is 24.3 Å². The fraction of sp³-hybridized carbons (Fsp3) is 0.357. The molecule has 4 nitrogen and oxygen atoms in total. The highest BCUT2D eigenvalue weighted by Crippen LogP contribution is 2.24. The maximum Gasteiger partial charge on any atom is 0.245 e. The average molecular weight is 310 g/mol. The summed E-state index contributed by atoms with van der Waals surface area (Å²) < 4.78 is 8.40. The molecule has 0 aliphatic rings. The van der Waals surface area contributed by atoms with Crippen LogP contribution in [0.3, 0.4) is 0 Å². The molecule has 20 heavy (non-hydrogen) atoms. The standard InChI is InChI=1S/C14H16ClN3OS/c1-9-6-4-5-7-13(9)18(14(19)10(2)15)8-12-11(3)16-20-17-12/h4-7,10H,8H2,1-3H3. The highest BCUT2D eigenvalue weighted by atomic mass is 35.5. The maximum atomic E-state index is 12.4. The lowest BCUT2D eigenvalue weighted by Gasteiger charge is -2.25. The first-order valence-electron chi connectivity index (χ1n) is 6.30. The Bertz CT molecular complexity index is 612. The number of hydrogen-bond acceptors (Lipinski definition) is 4. The molecule has 1 atom stereocenters. The summed E-state index contributed by atoms with van der Waals surface area (Å²) in [4.78, 5) is 14.1. The van der Waals surface area contributed by atoms with Crippen molar-refractivity contribution in [3.63, 3.8) is 0 Å². The topological polar surface area (TPSA) is 46.1 Å². The number of aryl methyl sites for hydroxylation is 2. The van der Waals surface area contributed by atoms with E-state index in [2.05, 4.69) is 8.75 Å². The molecule has 1 amide bonds. The number of halogens is 1. The molecule has 0 fully saturated rings. The Kier molecular flexibility index (Phi) is 4.73. The number of benzene rings is 1. The lowest BCUT2D eigenvalue weighted by Crippen LogP contribution is -2.36. The van der Waals surface area contributed by atoms with Gasteiger partial charge in [-0.3, -0.25) is 4.79 Å². The van der Waals surface area contributed by atoms with Crippen molar-refractivity contribution >= 4 is 34.9 Å². The Labute approximate surface area is 127 Å². The van der Waals surface area contributed by atoms with Gasteiger partial charge in [0.25, 0.3) is 0 Å². The van der Waals surface area contributed by atoms with E-state index in [-0.39, 0.29) is 5.91 Å². The molecule has 0 aliphatic heterocycles. The van der Waals surface area contributed by atoms with Crippen LogP contribution in [0.4, 0.5) is 5.69 Å². The third-order valence-electron chi connectivity index (χ3n) is 3.07. The summed E-state index contributed by atoms with van der Waals surface area (Å²) in [6, 6.07) is 7.75. The average Bonchev–Trinajstić information content (AvgIpc) is 2.81. The van der Waals surface area contributed by atoms with Gasteiger partial charge in [0.05, 0.1) is 29.7 Å². The second-order valence-electron chi connectivity index (χ2n) is 4.62. The zero-order chi connectivity index (χ0) is 14.7. The molecule has 1 unspecified atom stereocenters. The SMILES string of the molecule is Cc1ccccc1N(Cc1nsnc1C)C(=O)C(C)Cl. The number of aromatic nitrogens is 2. The molecular formula is C14H16ClN3OS. The number of nitrogens with zero attached hydrogens (tertiary/aromatic N) is 3. The predicted octanol–water partition coefficient (Wildman–Crippen LogP) is 3.32. The van der Waals surface area contributed by atoms with Crippen LogP contribution < -0.4 is 4.90 Å². The number of alkyl halides is 1. The Morgan fingerprint density at radius 2 is 2.05 bits per heavy atom. The van der Waals surface area contributed by atoms with Crippen molar-refractivity contribution in [3.8, 4) is 0 Å². The minimum atomic E-state index is -0.582. The summed E-state index contributed by atoms with van der Waals surface area (Å²) in [6.07, 6.45) is 0. The van der Waals surface area contributed by atoms with Gasteiger partial charge in [-0.05, 0) is 32.4 Å². The van der Waals surface area contributed by atoms with E-state index in [0.717, 1.165) is 34.4 Å². The van der Waals surface area contributed by atoms with Crippen LogP contribution in [0.1, 0.15) is 23.9 Å². The highest BCUT2D eigenvalue weighted by Gasteiger charge is 2.23. The monoisotopic (exact) mass is 309 g/mol. The molecule has 2 rings (SSSR count). The van der Waals surface area contributed by atoms with E-state index in [1.165, 1.54) is 0 Å². The molecule has 0 saturated carbocycles. The minimum Gasteiger partial charge on any atom is -0.305 e. The molecule has 0 saturated heterocycles. The van der Waals surface area contributed by atoms with Gasteiger partial charge < -0.3 is 4.90 Å². The molecule has 0 bridgehead atoms. The number of anilines is 1. The Morgan fingerprint density at radius 1 is 1.35 bits per heavy atom. The van der Waals surface area contributed by atoms with E-state index < -0.39 is 5.38 Å². The zero-order valence-corrected chi connectivity index (χ0v) is 13.2. The molecule has 0 N–H and O–H groups in total. The van der Waals surface area contributed by atoms with Crippen LogP contribution in [0.2, 0.25) is 0 Å². The van der Waals surface area contributed by atoms with Gasteiger partial charge in [0.15, 0.2) is 0 Å². The van der Waals surface area contributed by atoms with E-state index in [4.69, 9.17) is 11.6 Å². The van der Waals surface area contributed by atoms with Crippen LogP contribution in [0, 0.1) is 13.8 Å². The number of carbonyl (C=O) groups excluding carboxylic acids is 1. The number of hydrogen-bond donors (Lipinski definition) is 0. The number of para-hydroxylation sites is 1. The van der Waals surface area contributed by atoms with Crippen molar-refractivity contribution in [3.05, 3.63) is 41.2 Å². The van der Waals surface area contributed by atoms with Crippen LogP contribution in [0.25, 0.3) is 0 Å². The van der Waals surface area contributed by atoms with Crippen LogP contribution in [-0.2, 0) is 11.3 Å². The third kappa shape index (κ3) is 3.16. The van der Waals surface area contributed by atoms with Gasteiger partial charge in [0, 0.05) is 5.69 Å². The van der Waals surface area contributed by atoms with Gasteiger partial charge in [-0.2, -0.15) is 8.75 Å². The fourth-order valence-electron chi connectivity index (χ4n) is 1.91. The van der Waals surface area contributed by atoms with Crippen molar-refractivity contribution in [2.45, 2.75) is 32.7 Å². The summed E-state index contributed by atoms with van der Waals surface area (Å²) in [5.41, 5.74) is 3.55. The second-order valence-corrected chi connectivity index (χ2v) is 5.81. The van der Waals surface area contributed by atoms with Gasteiger partial charge >= 0.3 is 0 Å². The Balaban J connectivity index is 2.38. The fourth-order valence-corrected chi connectivity index (χ4v) is 2.58. The van der Waals surface area contributed by atoms with Crippen molar-refractivity contribution in [2.24, 2.45) is 0 Å².